The van der Waals surface area contributed by atoms with Crippen LogP contribution in [0.2, 0.25) is 0 Å². The molecule has 1 aliphatic rings. The predicted octanol–water partition coefficient (Wildman–Crippen LogP) is 2.01. The van der Waals surface area contributed by atoms with Gasteiger partial charge in [0.2, 0.25) is 15.9 Å². The number of ether oxygens (including phenoxy) is 2. The van der Waals surface area contributed by atoms with Crippen molar-refractivity contribution in [3.05, 3.63) is 59.7 Å². The maximum atomic E-state index is 13.1. The molecule has 1 atom stereocenters. The van der Waals surface area contributed by atoms with Crippen LogP contribution < -0.4 is 15.4 Å². The number of alkyl halides is 3. The fraction of sp³-hybridized carbons (Fsp3) is 0.381. The van der Waals surface area contributed by atoms with Crippen molar-refractivity contribution in [3.8, 4) is 5.75 Å². The van der Waals surface area contributed by atoms with E-state index in [1.165, 1.54) is 0 Å². The summed E-state index contributed by atoms with van der Waals surface area (Å²) in [5.41, 5.74) is 1.81. The number of hydrogen-bond donors (Lipinski definition) is 2. The number of rotatable bonds is 8. The van der Waals surface area contributed by atoms with Gasteiger partial charge in [-0.25, -0.2) is 8.42 Å². The number of benzene rings is 2. The first-order valence-corrected chi connectivity index (χ1v) is 11.5. The van der Waals surface area contributed by atoms with Crippen molar-refractivity contribution in [2.45, 2.75) is 30.5 Å². The summed E-state index contributed by atoms with van der Waals surface area (Å²) in [6.45, 7) is 1.15. The molecule has 12 heteroatoms. The van der Waals surface area contributed by atoms with Gasteiger partial charge in [0, 0.05) is 33.3 Å². The largest absolute Gasteiger partial charge is 0.573 e. The van der Waals surface area contributed by atoms with E-state index in [-0.39, 0.29) is 24.5 Å². The Balaban J connectivity index is 1.69. The number of halogens is 3. The Morgan fingerprint density at radius 2 is 1.76 bits per heavy atom. The maximum Gasteiger partial charge on any atom is 0.573 e. The van der Waals surface area contributed by atoms with Gasteiger partial charge in [-0.05, 0) is 35.4 Å². The van der Waals surface area contributed by atoms with Gasteiger partial charge in [-0.3, -0.25) is 4.79 Å². The lowest BCUT2D eigenvalue weighted by molar-refractivity contribution is -0.274. The molecule has 33 heavy (non-hydrogen) atoms. The smallest absolute Gasteiger partial charge is 0.406 e. The molecular formula is C21H24F3N3O5S. The molecule has 2 aromatic carbocycles. The zero-order chi connectivity index (χ0) is 24.1. The summed E-state index contributed by atoms with van der Waals surface area (Å²) in [5.74, 6) is -1.02. The molecule has 2 N–H and O–H groups in total. The average molecular weight is 488 g/mol. The number of carbonyl (C=O) groups is 1. The molecule has 1 amide bonds. The van der Waals surface area contributed by atoms with Crippen LogP contribution in [0.1, 0.15) is 11.1 Å². The second-order valence-electron chi connectivity index (χ2n) is 7.32. The number of amides is 1. The van der Waals surface area contributed by atoms with E-state index >= 15 is 0 Å². The van der Waals surface area contributed by atoms with E-state index < -0.39 is 34.1 Å². The molecule has 1 aliphatic heterocycles. The van der Waals surface area contributed by atoms with Crippen LogP contribution >= 0.6 is 0 Å². The van der Waals surface area contributed by atoms with E-state index in [1.54, 1.807) is 7.11 Å². The molecule has 1 fully saturated rings. The van der Waals surface area contributed by atoms with Crippen molar-refractivity contribution in [1.82, 2.24) is 14.9 Å². The van der Waals surface area contributed by atoms with Gasteiger partial charge in [0.15, 0.2) is 0 Å². The molecule has 3 rings (SSSR count). The zero-order valence-electron chi connectivity index (χ0n) is 17.8. The van der Waals surface area contributed by atoms with Crippen molar-refractivity contribution < 1.29 is 35.9 Å². The van der Waals surface area contributed by atoms with Gasteiger partial charge in [0.1, 0.15) is 11.8 Å². The van der Waals surface area contributed by atoms with Crippen LogP contribution in [0.15, 0.2) is 53.4 Å². The second kappa shape index (κ2) is 10.5. The number of carbonyl (C=O) groups excluding carboxylic acids is 1. The van der Waals surface area contributed by atoms with Gasteiger partial charge in [-0.1, -0.05) is 24.3 Å². The second-order valence-corrected chi connectivity index (χ2v) is 9.21. The Morgan fingerprint density at radius 3 is 2.36 bits per heavy atom. The molecule has 0 aliphatic carbocycles. The standard InChI is InChI=1S/C21H24F3N3O5S/c1-31-14-16-4-2-15(3-5-16)12-26-20(28)19-13-25-10-11-27(19)33(29,30)18-8-6-17(7-9-18)32-21(22,23)24/h2-9,19,25H,10-14H2,1H3,(H,26,28). The van der Waals surface area contributed by atoms with Crippen LogP contribution in [0.25, 0.3) is 0 Å². The molecule has 1 unspecified atom stereocenters. The average Bonchev–Trinajstić information content (AvgIpc) is 2.78. The van der Waals surface area contributed by atoms with E-state index in [0.717, 1.165) is 39.7 Å². The number of sulfonamides is 1. The van der Waals surface area contributed by atoms with Gasteiger partial charge in [0.25, 0.3) is 0 Å². The molecule has 8 nitrogen and oxygen atoms in total. The quantitative estimate of drug-likeness (QED) is 0.592. The Kier molecular flexibility index (Phi) is 7.95. The van der Waals surface area contributed by atoms with Crippen molar-refractivity contribution in [2.24, 2.45) is 0 Å². The van der Waals surface area contributed by atoms with E-state index in [2.05, 4.69) is 15.4 Å². The van der Waals surface area contributed by atoms with Crippen LogP contribution in [-0.4, -0.2) is 57.8 Å². The predicted molar refractivity (Wildman–Crippen MR) is 113 cm³/mol. The third kappa shape index (κ3) is 6.67. The lowest BCUT2D eigenvalue weighted by atomic mass is 10.1. The Hall–Kier alpha value is -2.67. The summed E-state index contributed by atoms with van der Waals surface area (Å²) in [7, 11) is -2.54. The summed E-state index contributed by atoms with van der Waals surface area (Å²) >= 11 is 0. The highest BCUT2D eigenvalue weighted by Crippen LogP contribution is 2.26. The summed E-state index contributed by atoms with van der Waals surface area (Å²) in [6, 6.07) is 10.3. The third-order valence-electron chi connectivity index (χ3n) is 4.96. The number of methoxy groups -OCH3 is 1. The van der Waals surface area contributed by atoms with Gasteiger partial charge < -0.3 is 20.1 Å². The highest BCUT2D eigenvalue weighted by molar-refractivity contribution is 7.89. The lowest BCUT2D eigenvalue weighted by Gasteiger charge is -2.34. The number of nitrogens with one attached hydrogen (secondary N) is 2. The minimum absolute atomic E-state index is 0.0347. The maximum absolute atomic E-state index is 13.1. The minimum Gasteiger partial charge on any atom is -0.406 e. The first-order chi connectivity index (χ1) is 15.6. The van der Waals surface area contributed by atoms with Crippen LogP contribution in [0.5, 0.6) is 5.75 Å². The van der Waals surface area contributed by atoms with Crippen molar-refractivity contribution in [3.63, 3.8) is 0 Å². The first-order valence-electron chi connectivity index (χ1n) is 10.0. The Morgan fingerprint density at radius 1 is 1.12 bits per heavy atom. The van der Waals surface area contributed by atoms with Gasteiger partial charge in [0.05, 0.1) is 11.5 Å². The van der Waals surface area contributed by atoms with E-state index in [0.29, 0.717) is 13.2 Å². The molecule has 0 spiro atoms. The van der Waals surface area contributed by atoms with Crippen molar-refractivity contribution in [1.29, 1.82) is 0 Å². The summed E-state index contributed by atoms with van der Waals surface area (Å²) in [4.78, 5) is 12.6. The van der Waals surface area contributed by atoms with Crippen LogP contribution in [0.4, 0.5) is 13.2 Å². The van der Waals surface area contributed by atoms with Crippen LogP contribution in [-0.2, 0) is 32.7 Å². The normalized spacial score (nSPS) is 17.5. The molecule has 180 valence electrons. The molecule has 1 heterocycles. The number of nitrogens with zero attached hydrogens (tertiary/aromatic N) is 1. The van der Waals surface area contributed by atoms with Gasteiger partial charge in [-0.15, -0.1) is 13.2 Å². The topological polar surface area (TPSA) is 97.0 Å². The SMILES string of the molecule is COCc1ccc(CNC(=O)C2CNCCN2S(=O)(=O)c2ccc(OC(F)(F)F)cc2)cc1. The molecule has 0 bridgehead atoms. The fourth-order valence-electron chi connectivity index (χ4n) is 3.37. The lowest BCUT2D eigenvalue weighted by Crippen LogP contribution is -2.59. The van der Waals surface area contributed by atoms with Crippen molar-refractivity contribution >= 4 is 15.9 Å². The van der Waals surface area contributed by atoms with Crippen LogP contribution in [0, 0.1) is 0 Å². The van der Waals surface area contributed by atoms with E-state index in [1.807, 2.05) is 24.3 Å². The van der Waals surface area contributed by atoms with E-state index in [4.69, 9.17) is 4.74 Å². The highest BCUT2D eigenvalue weighted by Gasteiger charge is 2.38. The number of piperazine rings is 1. The van der Waals surface area contributed by atoms with Crippen molar-refractivity contribution in [2.75, 3.05) is 26.7 Å². The highest BCUT2D eigenvalue weighted by atomic mass is 32.2. The fourth-order valence-corrected chi connectivity index (χ4v) is 4.96. The summed E-state index contributed by atoms with van der Waals surface area (Å²) in [5, 5.41) is 5.75. The van der Waals surface area contributed by atoms with E-state index in [9.17, 15) is 26.4 Å². The molecule has 0 saturated carbocycles. The minimum atomic E-state index is -4.88. The van der Waals surface area contributed by atoms with Gasteiger partial charge >= 0.3 is 6.36 Å². The zero-order valence-corrected chi connectivity index (χ0v) is 18.6. The Bertz CT molecular complexity index is 1040. The molecule has 1 saturated heterocycles. The summed E-state index contributed by atoms with van der Waals surface area (Å²) < 4.78 is 73.2. The molecular weight excluding hydrogens is 463 g/mol. The van der Waals surface area contributed by atoms with Crippen LogP contribution in [0.3, 0.4) is 0 Å². The molecule has 0 aromatic heterocycles. The van der Waals surface area contributed by atoms with Gasteiger partial charge in [-0.2, -0.15) is 4.31 Å². The summed E-state index contributed by atoms with van der Waals surface area (Å²) in [6.07, 6.45) is -4.88. The number of hydrogen-bond acceptors (Lipinski definition) is 6. The monoisotopic (exact) mass is 487 g/mol. The Labute approximate surface area is 189 Å². The molecule has 2 aromatic rings. The molecule has 0 radical (unpaired) electrons. The third-order valence-corrected chi connectivity index (χ3v) is 6.88. The first kappa shape index (κ1) is 25.0.